The Bertz CT molecular complexity index is 1910. The first-order chi connectivity index (χ1) is 23.4. The third-order valence-electron chi connectivity index (χ3n) is 8.74. The number of phenols is 1. The van der Waals surface area contributed by atoms with Crippen molar-refractivity contribution in [1.82, 2.24) is 10.2 Å². The van der Waals surface area contributed by atoms with Crippen molar-refractivity contribution in [3.63, 3.8) is 0 Å². The first-order valence-electron chi connectivity index (χ1n) is 16.0. The molecule has 1 heterocycles. The monoisotopic (exact) mass is 692 g/mol. The highest BCUT2D eigenvalue weighted by Gasteiger charge is 2.26. The number of benzene rings is 4. The summed E-state index contributed by atoms with van der Waals surface area (Å²) in [7, 11) is 4.11. The third-order valence-corrected chi connectivity index (χ3v) is 9.74. The van der Waals surface area contributed by atoms with E-state index in [0.717, 1.165) is 60.2 Å². The van der Waals surface area contributed by atoms with Crippen LogP contribution in [0.3, 0.4) is 0 Å². The van der Waals surface area contributed by atoms with Crippen LogP contribution >= 0.6 is 0 Å². The lowest BCUT2D eigenvalue weighted by Gasteiger charge is -2.28. The first kappa shape index (κ1) is 35.8. The molecule has 0 aliphatic carbocycles. The fraction of sp³-hybridized carbons (Fsp3) is 0.351. The van der Waals surface area contributed by atoms with Crippen LogP contribution in [0, 0.1) is 6.92 Å². The Balaban J connectivity index is 1.40. The first-order valence-corrected chi connectivity index (χ1v) is 17.4. The molecule has 0 unspecified atom stereocenters. The number of ether oxygens (including phenoxy) is 5. The number of fused-ring (bicyclic) bond motifs is 1. The molecule has 3 N–H and O–H groups in total. The summed E-state index contributed by atoms with van der Waals surface area (Å²) in [6.45, 7) is 3.90. The molecule has 1 aliphatic heterocycles. The number of nitrogens with one attached hydrogen (secondary N) is 1. The molecule has 0 aromatic heterocycles. The molecule has 0 spiro atoms. The molecular formula is C37H44N2O9S. The molecule has 0 fully saturated rings. The number of nitrogens with zero attached hydrogens (tertiary/aromatic N) is 1. The number of hydrogen-bond donors (Lipinski definition) is 3. The topological polar surface area (TPSA) is 136 Å². The smallest absolute Gasteiger partial charge is 0.294 e. The lowest BCUT2D eigenvalue weighted by molar-refractivity contribution is 0.295. The van der Waals surface area contributed by atoms with E-state index < -0.39 is 10.1 Å². The standard InChI is InChI=1S/C37H44N2O9S/c1-23-17-32(31(45-5)21-35(23)49(41,42)43)47-28-11-8-24(9-12-28)7-10-25-19-33(30(44-4)18-26(25)13-15-38-2)48-37-29-22-39(3)16-14-27(29)20-34(46-6)36(37)40/h8-9,11-12,17-21,38,40H,7,10,13-16,22H2,1-6H3,(H,41,42,43). The van der Waals surface area contributed by atoms with Crippen molar-refractivity contribution in [2.24, 2.45) is 0 Å². The summed E-state index contributed by atoms with van der Waals surface area (Å²) < 4.78 is 62.1. The summed E-state index contributed by atoms with van der Waals surface area (Å²) in [5.74, 6) is 2.86. The minimum Gasteiger partial charge on any atom is -0.502 e. The number of aryl methyl sites for hydroxylation is 3. The normalized spacial score (nSPS) is 13.1. The van der Waals surface area contributed by atoms with E-state index >= 15 is 0 Å². The van der Waals surface area contributed by atoms with E-state index in [-0.39, 0.29) is 16.4 Å². The summed E-state index contributed by atoms with van der Waals surface area (Å²) in [4.78, 5) is 1.96. The second kappa shape index (κ2) is 15.4. The Morgan fingerprint density at radius 2 is 1.45 bits per heavy atom. The highest BCUT2D eigenvalue weighted by atomic mass is 32.2. The highest BCUT2D eigenvalue weighted by molar-refractivity contribution is 7.85. The molecule has 0 saturated carbocycles. The maximum absolute atomic E-state index is 11.7. The lowest BCUT2D eigenvalue weighted by Crippen LogP contribution is -2.27. The molecular weight excluding hydrogens is 648 g/mol. The summed E-state index contributed by atoms with van der Waals surface area (Å²) in [6, 6.07) is 16.3. The molecule has 0 atom stereocenters. The zero-order valence-electron chi connectivity index (χ0n) is 28.8. The van der Waals surface area contributed by atoms with Crippen molar-refractivity contribution in [3.05, 3.63) is 88.0 Å². The molecule has 12 heteroatoms. The number of phenolic OH excluding ortho intramolecular Hbond substituents is 1. The second-order valence-electron chi connectivity index (χ2n) is 12.1. The van der Waals surface area contributed by atoms with Gasteiger partial charge in [0.15, 0.2) is 34.5 Å². The molecule has 0 radical (unpaired) electrons. The maximum atomic E-state index is 11.7. The Labute approximate surface area is 288 Å². The predicted molar refractivity (Wildman–Crippen MR) is 187 cm³/mol. The summed E-state index contributed by atoms with van der Waals surface area (Å²) >= 11 is 0. The van der Waals surface area contributed by atoms with Crippen LogP contribution in [0.1, 0.15) is 33.4 Å². The Morgan fingerprint density at radius 1 is 0.816 bits per heavy atom. The Morgan fingerprint density at radius 3 is 2.10 bits per heavy atom. The third kappa shape index (κ3) is 8.22. The van der Waals surface area contributed by atoms with Crippen LogP contribution < -0.4 is 29.0 Å². The van der Waals surface area contributed by atoms with Gasteiger partial charge in [0.25, 0.3) is 10.1 Å². The summed E-state index contributed by atoms with van der Waals surface area (Å²) in [5.41, 5.74) is 5.66. The number of likely N-dealkylation sites (N-methyl/N-ethyl adjacent to an activating group) is 2. The Kier molecular flexibility index (Phi) is 11.2. The van der Waals surface area contributed by atoms with Crippen molar-refractivity contribution in [3.8, 4) is 46.0 Å². The van der Waals surface area contributed by atoms with Crippen molar-refractivity contribution in [1.29, 1.82) is 0 Å². The molecule has 0 amide bonds. The van der Waals surface area contributed by atoms with E-state index in [2.05, 4.69) is 10.2 Å². The minimum atomic E-state index is -4.40. The fourth-order valence-corrected chi connectivity index (χ4v) is 6.77. The van der Waals surface area contributed by atoms with Gasteiger partial charge >= 0.3 is 0 Å². The van der Waals surface area contributed by atoms with Gasteiger partial charge in [-0.2, -0.15) is 8.42 Å². The van der Waals surface area contributed by atoms with Crippen molar-refractivity contribution >= 4 is 10.1 Å². The predicted octanol–water partition coefficient (Wildman–Crippen LogP) is 6.09. The van der Waals surface area contributed by atoms with Crippen LogP contribution in [0.2, 0.25) is 0 Å². The van der Waals surface area contributed by atoms with Crippen LogP contribution in [0.5, 0.6) is 46.0 Å². The molecule has 0 saturated heterocycles. The fourth-order valence-electron chi connectivity index (χ4n) is 6.05. The molecule has 5 rings (SSSR count). The molecule has 0 bridgehead atoms. The number of rotatable bonds is 14. The van der Waals surface area contributed by atoms with Crippen molar-refractivity contribution in [2.45, 2.75) is 44.0 Å². The van der Waals surface area contributed by atoms with E-state index in [1.165, 1.54) is 26.4 Å². The van der Waals surface area contributed by atoms with Crippen LogP contribution in [0.4, 0.5) is 0 Å². The van der Waals surface area contributed by atoms with Gasteiger partial charge in [-0.25, -0.2) is 0 Å². The van der Waals surface area contributed by atoms with Crippen LogP contribution in [0.25, 0.3) is 0 Å². The van der Waals surface area contributed by atoms with E-state index in [0.29, 0.717) is 53.0 Å². The van der Waals surface area contributed by atoms with Gasteiger partial charge < -0.3 is 39.0 Å². The highest BCUT2D eigenvalue weighted by Crippen LogP contribution is 2.47. The van der Waals surface area contributed by atoms with Gasteiger partial charge in [0.2, 0.25) is 5.75 Å². The molecule has 49 heavy (non-hydrogen) atoms. The van der Waals surface area contributed by atoms with E-state index in [1.807, 2.05) is 56.6 Å². The zero-order valence-corrected chi connectivity index (χ0v) is 29.6. The van der Waals surface area contributed by atoms with Gasteiger partial charge in [0, 0.05) is 24.7 Å². The summed E-state index contributed by atoms with van der Waals surface area (Å²) in [5, 5.41) is 14.4. The molecule has 262 valence electrons. The molecule has 11 nitrogen and oxygen atoms in total. The van der Waals surface area contributed by atoms with Crippen LogP contribution in [-0.2, 0) is 42.3 Å². The SMILES string of the molecule is CNCCc1cc(OC)c(Oc2c(O)c(OC)cc3c2CN(C)CC3)cc1CCc1ccc(Oc2cc(C)c(S(=O)(=O)O)cc2OC)cc1. The van der Waals surface area contributed by atoms with Crippen molar-refractivity contribution < 1.29 is 41.8 Å². The van der Waals surface area contributed by atoms with Gasteiger partial charge in [-0.05, 0) is 117 Å². The van der Waals surface area contributed by atoms with E-state index in [4.69, 9.17) is 23.7 Å². The number of aromatic hydroxyl groups is 1. The quantitative estimate of drug-likeness (QED) is 0.133. The van der Waals surface area contributed by atoms with Gasteiger partial charge in [-0.1, -0.05) is 12.1 Å². The molecule has 4 aromatic rings. The van der Waals surface area contributed by atoms with Gasteiger partial charge in [0.05, 0.1) is 21.3 Å². The molecule has 1 aliphatic rings. The average molecular weight is 693 g/mol. The van der Waals surface area contributed by atoms with Gasteiger partial charge in [0.1, 0.15) is 10.6 Å². The van der Waals surface area contributed by atoms with Gasteiger partial charge in [-0.3, -0.25) is 4.55 Å². The van der Waals surface area contributed by atoms with Crippen molar-refractivity contribution in [2.75, 3.05) is 48.5 Å². The lowest BCUT2D eigenvalue weighted by atomic mass is 9.96. The summed E-state index contributed by atoms with van der Waals surface area (Å²) in [6.07, 6.45) is 3.06. The van der Waals surface area contributed by atoms with Gasteiger partial charge in [-0.15, -0.1) is 0 Å². The largest absolute Gasteiger partial charge is 0.502 e. The molecule has 4 aromatic carbocycles. The maximum Gasteiger partial charge on any atom is 0.294 e. The number of hydrogen-bond acceptors (Lipinski definition) is 10. The Hall–Kier alpha value is -4.49. The van der Waals surface area contributed by atoms with E-state index in [1.54, 1.807) is 14.0 Å². The van der Waals surface area contributed by atoms with E-state index in [9.17, 15) is 18.1 Å². The zero-order chi connectivity index (χ0) is 35.3. The average Bonchev–Trinajstić information content (AvgIpc) is 3.08. The van der Waals surface area contributed by atoms with Crippen LogP contribution in [-0.4, -0.2) is 71.5 Å². The second-order valence-corrected chi connectivity index (χ2v) is 13.5. The van der Waals surface area contributed by atoms with Crippen LogP contribution in [0.15, 0.2) is 59.5 Å². The minimum absolute atomic E-state index is 0.0381. The number of methoxy groups -OCH3 is 3.